The van der Waals surface area contributed by atoms with Crippen LogP contribution < -0.4 is 4.90 Å². The number of para-hydroxylation sites is 1. The Bertz CT molecular complexity index is 1060. The van der Waals surface area contributed by atoms with Gasteiger partial charge in [0, 0.05) is 56.7 Å². The van der Waals surface area contributed by atoms with Gasteiger partial charge in [-0.25, -0.2) is 0 Å². The van der Waals surface area contributed by atoms with Gasteiger partial charge >= 0.3 is 6.18 Å². The molecule has 1 aromatic rings. The topological polar surface area (TPSA) is 47.1 Å². The van der Waals surface area contributed by atoms with Crippen LogP contribution in [0, 0.1) is 5.41 Å². The van der Waals surface area contributed by atoms with Crippen molar-refractivity contribution in [1.29, 1.82) is 0 Å². The number of allylic oxidation sites excluding steroid dienone is 1. The first-order valence-electron chi connectivity index (χ1n) is 11.0. The van der Waals surface area contributed by atoms with Gasteiger partial charge in [-0.3, -0.25) is 19.4 Å². The fourth-order valence-electron chi connectivity index (χ4n) is 4.87. The summed E-state index contributed by atoms with van der Waals surface area (Å²) in [7, 11) is 1.64. The number of halogens is 3. The molecule has 0 N–H and O–H groups in total. The summed E-state index contributed by atoms with van der Waals surface area (Å²) in [5.74, 6) is -0.0989. The van der Waals surface area contributed by atoms with Crippen LogP contribution in [-0.2, 0) is 9.59 Å². The van der Waals surface area contributed by atoms with Gasteiger partial charge in [-0.1, -0.05) is 24.8 Å². The molecule has 2 fully saturated rings. The van der Waals surface area contributed by atoms with E-state index in [1.807, 2.05) is 6.07 Å². The number of likely N-dealkylation sites (tertiary alicyclic amines) is 2. The molecule has 0 aromatic heterocycles. The van der Waals surface area contributed by atoms with Gasteiger partial charge < -0.3 is 9.80 Å². The summed E-state index contributed by atoms with van der Waals surface area (Å²) >= 11 is 0. The average Bonchev–Trinajstić information content (AvgIpc) is 3.22. The van der Waals surface area contributed by atoms with E-state index in [1.54, 1.807) is 41.1 Å². The van der Waals surface area contributed by atoms with Crippen molar-refractivity contribution in [2.75, 3.05) is 44.7 Å². The number of hydrogen-bond acceptors (Lipinski definition) is 4. The zero-order chi connectivity index (χ0) is 24.5. The first-order valence-corrected chi connectivity index (χ1v) is 11.0. The minimum absolute atomic E-state index is 0.0156. The number of amides is 2. The quantitative estimate of drug-likeness (QED) is 0.470. The lowest BCUT2D eigenvalue weighted by Gasteiger charge is -2.47. The van der Waals surface area contributed by atoms with Gasteiger partial charge in [-0.2, -0.15) is 13.2 Å². The number of nitrogens with zero attached hydrogens (tertiary/aromatic N) is 4. The van der Waals surface area contributed by atoms with Gasteiger partial charge in [0.25, 0.3) is 0 Å². The zero-order valence-corrected chi connectivity index (χ0v) is 19.0. The van der Waals surface area contributed by atoms with Gasteiger partial charge in [0.15, 0.2) is 0 Å². The molecule has 1 aromatic carbocycles. The van der Waals surface area contributed by atoms with Gasteiger partial charge in [0.2, 0.25) is 12.3 Å². The molecule has 0 aliphatic carbocycles. The fourth-order valence-corrected chi connectivity index (χ4v) is 4.87. The Morgan fingerprint density at radius 1 is 1.21 bits per heavy atom. The Morgan fingerprint density at radius 3 is 2.53 bits per heavy atom. The molecule has 0 radical (unpaired) electrons. The van der Waals surface area contributed by atoms with Gasteiger partial charge in [0.1, 0.15) is 0 Å². The van der Waals surface area contributed by atoms with Crippen LogP contribution in [0.15, 0.2) is 78.3 Å². The lowest BCUT2D eigenvalue weighted by atomic mass is 9.79. The molecule has 3 aliphatic heterocycles. The maximum absolute atomic E-state index is 14.0. The molecule has 0 atom stereocenters. The summed E-state index contributed by atoms with van der Waals surface area (Å²) in [6, 6.07) is 8.95. The van der Waals surface area contributed by atoms with E-state index in [9.17, 15) is 22.8 Å². The molecule has 2 amide bonds. The number of alkyl halides is 3. The van der Waals surface area contributed by atoms with Crippen molar-refractivity contribution in [2.45, 2.75) is 12.6 Å². The molecule has 6 nitrogen and oxygen atoms in total. The van der Waals surface area contributed by atoms with E-state index in [4.69, 9.17) is 0 Å². The van der Waals surface area contributed by atoms with E-state index in [1.165, 1.54) is 18.5 Å². The van der Waals surface area contributed by atoms with Crippen molar-refractivity contribution in [2.24, 2.45) is 5.41 Å². The Balaban J connectivity index is 1.52. The summed E-state index contributed by atoms with van der Waals surface area (Å²) in [6.07, 6.45) is 1.86. The Morgan fingerprint density at radius 2 is 1.91 bits per heavy atom. The predicted octanol–water partition coefficient (Wildman–Crippen LogP) is 3.53. The van der Waals surface area contributed by atoms with Gasteiger partial charge in [-0.05, 0) is 42.8 Å². The summed E-state index contributed by atoms with van der Waals surface area (Å²) in [6.45, 7) is 6.49. The van der Waals surface area contributed by atoms with Crippen LogP contribution in [0.25, 0.3) is 0 Å². The number of anilines is 1. The third-order valence-corrected chi connectivity index (χ3v) is 6.55. The highest BCUT2D eigenvalue weighted by molar-refractivity contribution is 5.87. The highest BCUT2D eigenvalue weighted by atomic mass is 19.4. The normalized spacial score (nSPS) is 21.2. The van der Waals surface area contributed by atoms with Crippen molar-refractivity contribution in [3.63, 3.8) is 0 Å². The summed E-state index contributed by atoms with van der Waals surface area (Å²) in [5, 5.41) is 0. The minimum atomic E-state index is -4.63. The van der Waals surface area contributed by atoms with Gasteiger partial charge in [-0.15, -0.1) is 0 Å². The largest absolute Gasteiger partial charge is 0.418 e. The van der Waals surface area contributed by atoms with E-state index in [0.29, 0.717) is 43.8 Å². The summed E-state index contributed by atoms with van der Waals surface area (Å²) in [4.78, 5) is 29.9. The molecular weight excluding hydrogens is 445 g/mol. The van der Waals surface area contributed by atoms with Gasteiger partial charge in [0.05, 0.1) is 11.3 Å². The smallest absolute Gasteiger partial charge is 0.349 e. The standard InChI is InChI=1S/C25H27F3N4O2/c1-3-23(34)32-16-24(17-32)9-10-30(15-24)12-19-11-21(25(26,27)28)22(31(13-19)18-33)14-29(2)20-7-5-4-6-8-20/h3-8,11,13-14,18H,1,9-10,12,15-17H2,2H3/b22-14-. The van der Waals surface area contributed by atoms with Crippen molar-refractivity contribution in [3.05, 3.63) is 78.3 Å². The van der Waals surface area contributed by atoms with E-state index >= 15 is 0 Å². The van der Waals surface area contributed by atoms with Crippen LogP contribution in [0.2, 0.25) is 0 Å². The molecule has 2 saturated heterocycles. The van der Waals surface area contributed by atoms with Crippen LogP contribution in [-0.4, -0.2) is 73.0 Å². The molecule has 4 rings (SSSR count). The van der Waals surface area contributed by atoms with Crippen molar-refractivity contribution < 1.29 is 22.8 Å². The van der Waals surface area contributed by atoms with Crippen molar-refractivity contribution in [1.82, 2.24) is 14.7 Å². The van der Waals surface area contributed by atoms with Crippen molar-refractivity contribution in [3.8, 4) is 0 Å². The first kappa shape index (κ1) is 23.8. The van der Waals surface area contributed by atoms with Crippen LogP contribution in [0.1, 0.15) is 6.42 Å². The van der Waals surface area contributed by atoms with E-state index in [-0.39, 0.29) is 17.0 Å². The summed E-state index contributed by atoms with van der Waals surface area (Å²) in [5.41, 5.74) is 0.00439. The predicted molar refractivity (Wildman–Crippen MR) is 123 cm³/mol. The van der Waals surface area contributed by atoms with Crippen LogP contribution in [0.3, 0.4) is 0 Å². The first-order chi connectivity index (χ1) is 16.1. The monoisotopic (exact) mass is 472 g/mol. The molecule has 0 saturated carbocycles. The van der Waals surface area contributed by atoms with Crippen LogP contribution >= 0.6 is 0 Å². The highest BCUT2D eigenvalue weighted by Gasteiger charge is 2.49. The van der Waals surface area contributed by atoms with Crippen LogP contribution in [0.4, 0.5) is 18.9 Å². The summed E-state index contributed by atoms with van der Waals surface area (Å²) < 4.78 is 42.1. The van der Waals surface area contributed by atoms with Crippen LogP contribution in [0.5, 0.6) is 0 Å². The second-order valence-electron chi connectivity index (χ2n) is 9.09. The third-order valence-electron chi connectivity index (χ3n) is 6.55. The molecule has 0 bridgehead atoms. The SMILES string of the molecule is C=CC(=O)N1CC2(CCN(CC3=CN(C=O)/C(=C\N(C)c4ccccc4)C(C(F)(F)F)=C3)C2)C1. The fraction of sp³-hybridized carbons (Fsp3) is 0.360. The highest BCUT2D eigenvalue weighted by Crippen LogP contribution is 2.41. The Labute approximate surface area is 196 Å². The van der Waals surface area contributed by atoms with E-state index in [0.717, 1.165) is 23.9 Å². The van der Waals surface area contributed by atoms with Crippen molar-refractivity contribution >= 4 is 18.0 Å². The minimum Gasteiger partial charge on any atom is -0.349 e. The van der Waals surface area contributed by atoms with E-state index < -0.39 is 11.7 Å². The number of carbonyl (C=O) groups excluding carboxylic acids is 2. The lowest BCUT2D eigenvalue weighted by Crippen LogP contribution is -2.59. The molecule has 180 valence electrons. The molecule has 3 heterocycles. The molecule has 0 unspecified atom stereocenters. The second kappa shape index (κ2) is 9.13. The molecule has 9 heteroatoms. The number of rotatable bonds is 6. The molecular formula is C25H27F3N4O2. The van der Waals surface area contributed by atoms with E-state index in [2.05, 4.69) is 11.5 Å². The zero-order valence-electron chi connectivity index (χ0n) is 19.0. The maximum Gasteiger partial charge on any atom is 0.418 e. The molecule has 34 heavy (non-hydrogen) atoms. The Hall–Kier alpha value is -3.33. The third kappa shape index (κ3) is 4.79. The average molecular weight is 473 g/mol. The lowest BCUT2D eigenvalue weighted by molar-refractivity contribution is -0.137. The number of carbonyl (C=O) groups is 2. The number of benzene rings is 1. The number of hydrogen-bond donors (Lipinski definition) is 0. The molecule has 3 aliphatic rings. The second-order valence-corrected chi connectivity index (χ2v) is 9.09. The molecule has 1 spiro atoms. The Kier molecular flexibility index (Phi) is 6.40. The maximum atomic E-state index is 14.0.